The monoisotopic (exact) mass is 431 g/mol. The van der Waals surface area contributed by atoms with Crippen LogP contribution in [0, 0.1) is 0 Å². The first kappa shape index (κ1) is 24.6. The van der Waals surface area contributed by atoms with E-state index in [2.05, 4.69) is 19.0 Å². The predicted octanol–water partition coefficient (Wildman–Crippen LogP) is 5.93. The van der Waals surface area contributed by atoms with E-state index in [1.165, 1.54) is 6.21 Å². The van der Waals surface area contributed by atoms with Crippen LogP contribution in [0.1, 0.15) is 50.7 Å². The summed E-state index contributed by atoms with van der Waals surface area (Å²) in [6, 6.07) is 4.04. The summed E-state index contributed by atoms with van der Waals surface area (Å²) >= 11 is 11.2. The molecule has 1 aromatic rings. The molecule has 0 fully saturated rings. The van der Waals surface area contributed by atoms with Crippen LogP contribution in [0.15, 0.2) is 27.9 Å². The smallest absolute Gasteiger partial charge is 0.125 e. The number of halogens is 2. The lowest BCUT2D eigenvalue weighted by atomic mass is 10.0. The summed E-state index contributed by atoms with van der Waals surface area (Å²) in [7, 11) is 0. The van der Waals surface area contributed by atoms with Crippen molar-refractivity contribution >= 4 is 29.4 Å². The van der Waals surface area contributed by atoms with Crippen LogP contribution in [-0.4, -0.2) is 37.8 Å². The van der Waals surface area contributed by atoms with E-state index < -0.39 is 0 Å². The van der Waals surface area contributed by atoms with Gasteiger partial charge >= 0.3 is 0 Å². The Labute approximate surface area is 178 Å². The lowest BCUT2D eigenvalue weighted by Crippen LogP contribution is -2.05. The number of nitrogens with zero attached hydrogens (tertiary/aromatic N) is 1. The molecule has 0 aliphatic rings. The molecular formula is C21H31Cl2NO4. The molecule has 1 N–H and O–H groups in total. The van der Waals surface area contributed by atoms with Crippen LogP contribution in [0.25, 0.3) is 0 Å². The second-order valence-electron chi connectivity index (χ2n) is 6.19. The molecule has 0 atom stereocenters. The first-order valence-corrected chi connectivity index (χ1v) is 10.5. The molecule has 1 aromatic carbocycles. The molecule has 0 spiro atoms. The Kier molecular flexibility index (Phi) is 13.6. The van der Waals surface area contributed by atoms with E-state index in [-0.39, 0.29) is 4.49 Å². The fourth-order valence-electron chi connectivity index (χ4n) is 2.67. The van der Waals surface area contributed by atoms with E-state index >= 15 is 0 Å². The van der Waals surface area contributed by atoms with Gasteiger partial charge in [-0.1, -0.05) is 37.0 Å². The minimum Gasteiger partial charge on any atom is -0.493 e. The van der Waals surface area contributed by atoms with Crippen LogP contribution < -0.4 is 9.47 Å². The van der Waals surface area contributed by atoms with E-state index in [1.54, 1.807) is 6.08 Å². The molecule has 7 heteroatoms. The summed E-state index contributed by atoms with van der Waals surface area (Å²) in [5.74, 6) is 1.78. The molecule has 1 rings (SSSR count). The van der Waals surface area contributed by atoms with Crippen molar-refractivity contribution in [2.24, 2.45) is 5.16 Å². The Morgan fingerprint density at radius 3 is 2.29 bits per heavy atom. The summed E-state index contributed by atoms with van der Waals surface area (Å²) in [6.07, 6.45) is 8.44. The zero-order valence-electron chi connectivity index (χ0n) is 16.8. The topological polar surface area (TPSA) is 60.3 Å². The molecule has 5 nitrogen and oxygen atoms in total. The van der Waals surface area contributed by atoms with Crippen LogP contribution in [-0.2, 0) is 17.6 Å². The van der Waals surface area contributed by atoms with Crippen molar-refractivity contribution in [1.82, 2.24) is 0 Å². The summed E-state index contributed by atoms with van der Waals surface area (Å²) in [5.41, 5.74) is 2.29. The molecule has 0 amide bonds. The van der Waals surface area contributed by atoms with Crippen LogP contribution >= 0.6 is 23.2 Å². The summed E-state index contributed by atoms with van der Waals surface area (Å²) < 4.78 is 17.5. The van der Waals surface area contributed by atoms with E-state index in [0.717, 1.165) is 54.7 Å². The maximum absolute atomic E-state index is 8.29. The molecule has 0 saturated carbocycles. The van der Waals surface area contributed by atoms with Crippen molar-refractivity contribution in [3.8, 4) is 11.5 Å². The molecule has 0 bridgehead atoms. The zero-order valence-corrected chi connectivity index (χ0v) is 18.3. The van der Waals surface area contributed by atoms with Crippen LogP contribution in [0.5, 0.6) is 11.5 Å². The average molecular weight is 432 g/mol. The van der Waals surface area contributed by atoms with E-state index in [0.29, 0.717) is 32.8 Å². The van der Waals surface area contributed by atoms with E-state index in [4.69, 9.17) is 42.6 Å². The van der Waals surface area contributed by atoms with Gasteiger partial charge in [0, 0.05) is 19.2 Å². The van der Waals surface area contributed by atoms with Gasteiger partial charge in [0.05, 0.1) is 13.2 Å². The quantitative estimate of drug-likeness (QED) is 0.162. The van der Waals surface area contributed by atoms with Crippen LogP contribution in [0.4, 0.5) is 0 Å². The van der Waals surface area contributed by atoms with Gasteiger partial charge in [-0.2, -0.15) is 0 Å². The summed E-state index contributed by atoms with van der Waals surface area (Å²) in [5, 5.41) is 11.2. The average Bonchev–Trinajstić information content (AvgIpc) is 2.69. The van der Waals surface area contributed by atoms with Crippen molar-refractivity contribution < 1.29 is 19.4 Å². The molecule has 0 heterocycles. The highest BCUT2D eigenvalue weighted by Gasteiger charge is 2.11. The first-order chi connectivity index (χ1) is 13.6. The molecule has 0 aliphatic heterocycles. The maximum Gasteiger partial charge on any atom is 0.125 e. The fourth-order valence-corrected chi connectivity index (χ4v) is 2.80. The third-order valence-corrected chi connectivity index (χ3v) is 4.43. The fraction of sp³-hybridized carbons (Fsp3) is 0.571. The Balaban J connectivity index is 2.45. The van der Waals surface area contributed by atoms with Crippen molar-refractivity contribution in [3.05, 3.63) is 33.8 Å². The molecule has 0 aliphatic carbocycles. The second-order valence-corrected chi connectivity index (χ2v) is 7.20. The highest BCUT2D eigenvalue weighted by Crippen LogP contribution is 2.31. The number of ether oxygens (including phenoxy) is 3. The number of rotatable bonds is 15. The van der Waals surface area contributed by atoms with Gasteiger partial charge < -0.3 is 19.4 Å². The van der Waals surface area contributed by atoms with Gasteiger partial charge in [-0.25, -0.2) is 0 Å². The van der Waals surface area contributed by atoms with Gasteiger partial charge in [0.15, 0.2) is 0 Å². The van der Waals surface area contributed by atoms with E-state index in [9.17, 15) is 0 Å². The van der Waals surface area contributed by atoms with Crippen molar-refractivity contribution in [2.45, 2.75) is 52.4 Å². The number of oxime groups is 1. The number of hydrogen-bond acceptors (Lipinski definition) is 5. The molecule has 28 heavy (non-hydrogen) atoms. The standard InChI is InChI=1S/C21H31Cl2NO4/c1-3-17-15-19(27-14-9-20(22)23)16-18(4-2)21(17)28-13-7-5-6-11-26-12-8-10-24-25/h9-10,15-16,25H,3-8,11-14H2,1-2H3. The van der Waals surface area contributed by atoms with Gasteiger partial charge in [-0.15, -0.1) is 5.16 Å². The normalized spacial score (nSPS) is 11.0. The number of aryl methyl sites for hydroxylation is 2. The molecule has 0 aromatic heterocycles. The van der Waals surface area contributed by atoms with Gasteiger partial charge in [-0.05, 0) is 61.4 Å². The third-order valence-electron chi connectivity index (χ3n) is 4.12. The molecule has 0 unspecified atom stereocenters. The van der Waals surface area contributed by atoms with Crippen LogP contribution in [0.2, 0.25) is 0 Å². The predicted molar refractivity (Wildman–Crippen MR) is 116 cm³/mol. The van der Waals surface area contributed by atoms with Gasteiger partial charge in [-0.3, -0.25) is 0 Å². The first-order valence-electron chi connectivity index (χ1n) is 9.78. The molecule has 0 radical (unpaired) electrons. The van der Waals surface area contributed by atoms with Crippen molar-refractivity contribution in [2.75, 3.05) is 26.4 Å². The van der Waals surface area contributed by atoms with Crippen LogP contribution in [0.3, 0.4) is 0 Å². The van der Waals surface area contributed by atoms with Gasteiger partial charge in [0.25, 0.3) is 0 Å². The van der Waals surface area contributed by atoms with Gasteiger partial charge in [0.2, 0.25) is 0 Å². The minimum absolute atomic E-state index is 0.204. The lowest BCUT2D eigenvalue weighted by Gasteiger charge is -2.17. The molecule has 0 saturated heterocycles. The second kappa shape index (κ2) is 15.5. The van der Waals surface area contributed by atoms with E-state index in [1.807, 2.05) is 12.1 Å². The zero-order chi connectivity index (χ0) is 20.6. The number of benzene rings is 1. The summed E-state index contributed by atoms with van der Waals surface area (Å²) in [6.45, 7) is 6.54. The summed E-state index contributed by atoms with van der Waals surface area (Å²) in [4.78, 5) is 0. The highest BCUT2D eigenvalue weighted by molar-refractivity contribution is 6.55. The SMILES string of the molecule is CCc1cc(OCC=C(Cl)Cl)cc(CC)c1OCCCCCOCCC=NO. The maximum atomic E-state index is 8.29. The lowest BCUT2D eigenvalue weighted by molar-refractivity contribution is 0.135. The number of hydrogen-bond donors (Lipinski definition) is 1. The molecular weight excluding hydrogens is 401 g/mol. The number of unbranched alkanes of at least 4 members (excludes halogenated alkanes) is 2. The Morgan fingerprint density at radius 2 is 1.68 bits per heavy atom. The Bertz CT molecular complexity index is 591. The largest absolute Gasteiger partial charge is 0.493 e. The Hall–Kier alpha value is -1.43. The highest BCUT2D eigenvalue weighted by atomic mass is 35.5. The van der Waals surface area contributed by atoms with Gasteiger partial charge in [0.1, 0.15) is 22.6 Å². The Morgan fingerprint density at radius 1 is 1.00 bits per heavy atom. The molecule has 158 valence electrons. The third kappa shape index (κ3) is 10.2. The minimum atomic E-state index is 0.204. The van der Waals surface area contributed by atoms with Crippen molar-refractivity contribution in [1.29, 1.82) is 0 Å². The van der Waals surface area contributed by atoms with Crippen molar-refractivity contribution in [3.63, 3.8) is 0 Å².